The van der Waals surface area contributed by atoms with E-state index in [0.717, 1.165) is 24.0 Å². The second-order valence-corrected chi connectivity index (χ2v) is 4.91. The van der Waals surface area contributed by atoms with Gasteiger partial charge in [-0.1, -0.05) is 32.0 Å². The standard InChI is InChI=1S/C15H19NO2/c1-3-11(2)14(17)10-16-9-8-12-6-4-5-7-13(12)15(16)18/h4-7,11H,3,8-10H2,1-2H3. The number of Topliss-reactive ketones (excluding diaryl/α,β-unsaturated/α-hetero) is 1. The van der Waals surface area contributed by atoms with Gasteiger partial charge in [0.1, 0.15) is 0 Å². The average Bonchev–Trinajstić information content (AvgIpc) is 2.41. The number of fused-ring (bicyclic) bond motifs is 1. The highest BCUT2D eigenvalue weighted by Gasteiger charge is 2.26. The van der Waals surface area contributed by atoms with Gasteiger partial charge in [-0.3, -0.25) is 9.59 Å². The molecule has 18 heavy (non-hydrogen) atoms. The van der Waals surface area contributed by atoms with E-state index in [1.165, 1.54) is 0 Å². The summed E-state index contributed by atoms with van der Waals surface area (Å²) < 4.78 is 0. The highest BCUT2D eigenvalue weighted by Crippen LogP contribution is 2.19. The van der Waals surface area contributed by atoms with Crippen molar-refractivity contribution in [2.75, 3.05) is 13.1 Å². The van der Waals surface area contributed by atoms with E-state index in [-0.39, 0.29) is 24.2 Å². The van der Waals surface area contributed by atoms with Crippen molar-refractivity contribution in [3.8, 4) is 0 Å². The number of carbonyl (C=O) groups excluding carboxylic acids is 2. The van der Waals surface area contributed by atoms with Crippen molar-refractivity contribution in [3.63, 3.8) is 0 Å². The quantitative estimate of drug-likeness (QED) is 0.816. The first-order valence-corrected chi connectivity index (χ1v) is 6.53. The molecule has 1 aliphatic rings. The van der Waals surface area contributed by atoms with Gasteiger partial charge in [0.15, 0.2) is 5.78 Å². The highest BCUT2D eigenvalue weighted by atomic mass is 16.2. The van der Waals surface area contributed by atoms with Gasteiger partial charge in [-0.25, -0.2) is 0 Å². The van der Waals surface area contributed by atoms with Crippen LogP contribution >= 0.6 is 0 Å². The average molecular weight is 245 g/mol. The molecular formula is C15H19NO2. The fourth-order valence-corrected chi connectivity index (χ4v) is 2.20. The molecule has 3 nitrogen and oxygen atoms in total. The lowest BCUT2D eigenvalue weighted by atomic mass is 9.97. The number of hydrogen-bond donors (Lipinski definition) is 0. The van der Waals surface area contributed by atoms with Gasteiger partial charge in [0.25, 0.3) is 5.91 Å². The highest BCUT2D eigenvalue weighted by molar-refractivity contribution is 5.99. The number of carbonyl (C=O) groups is 2. The Hall–Kier alpha value is -1.64. The smallest absolute Gasteiger partial charge is 0.254 e. The predicted octanol–water partition coefficient (Wildman–Crippen LogP) is 2.30. The summed E-state index contributed by atoms with van der Waals surface area (Å²) in [5.41, 5.74) is 1.84. The van der Waals surface area contributed by atoms with E-state index in [0.29, 0.717) is 6.54 Å². The summed E-state index contributed by atoms with van der Waals surface area (Å²) in [5, 5.41) is 0. The third-order valence-electron chi connectivity index (χ3n) is 3.69. The molecule has 0 bridgehead atoms. The van der Waals surface area contributed by atoms with E-state index in [2.05, 4.69) is 0 Å². The Morgan fingerprint density at radius 1 is 1.39 bits per heavy atom. The molecule has 96 valence electrons. The van der Waals surface area contributed by atoms with Crippen LogP contribution in [0, 0.1) is 5.92 Å². The van der Waals surface area contributed by atoms with Crippen molar-refractivity contribution < 1.29 is 9.59 Å². The summed E-state index contributed by atoms with van der Waals surface area (Å²) in [6.45, 7) is 4.82. The minimum absolute atomic E-state index is 0.00602. The van der Waals surface area contributed by atoms with Crippen molar-refractivity contribution >= 4 is 11.7 Å². The molecular weight excluding hydrogens is 226 g/mol. The van der Waals surface area contributed by atoms with Crippen LogP contribution in [0.1, 0.15) is 36.2 Å². The van der Waals surface area contributed by atoms with Gasteiger partial charge in [-0.15, -0.1) is 0 Å². The molecule has 1 unspecified atom stereocenters. The minimum atomic E-state index is -0.00602. The van der Waals surface area contributed by atoms with E-state index in [4.69, 9.17) is 0 Å². The number of ketones is 1. The van der Waals surface area contributed by atoms with E-state index in [9.17, 15) is 9.59 Å². The molecule has 0 saturated heterocycles. The molecule has 1 aliphatic heterocycles. The largest absolute Gasteiger partial charge is 0.331 e. The van der Waals surface area contributed by atoms with Crippen LogP contribution in [0.5, 0.6) is 0 Å². The molecule has 1 aromatic rings. The van der Waals surface area contributed by atoms with Gasteiger partial charge in [0.2, 0.25) is 0 Å². The van der Waals surface area contributed by atoms with Crippen LogP contribution in [0.25, 0.3) is 0 Å². The van der Waals surface area contributed by atoms with Crippen LogP contribution in [-0.2, 0) is 11.2 Å². The Morgan fingerprint density at radius 3 is 2.83 bits per heavy atom. The van der Waals surface area contributed by atoms with Crippen molar-refractivity contribution in [2.45, 2.75) is 26.7 Å². The van der Waals surface area contributed by atoms with Gasteiger partial charge >= 0.3 is 0 Å². The first-order chi connectivity index (χ1) is 8.63. The van der Waals surface area contributed by atoms with Gasteiger partial charge < -0.3 is 4.90 Å². The first kappa shape index (κ1) is 12.8. The number of rotatable bonds is 4. The third kappa shape index (κ3) is 2.45. The molecule has 0 radical (unpaired) electrons. The van der Waals surface area contributed by atoms with E-state index < -0.39 is 0 Å². The monoisotopic (exact) mass is 245 g/mol. The molecule has 0 spiro atoms. The van der Waals surface area contributed by atoms with Crippen molar-refractivity contribution in [1.29, 1.82) is 0 Å². The lowest BCUT2D eigenvalue weighted by Gasteiger charge is -2.28. The van der Waals surface area contributed by atoms with Crippen LogP contribution in [0.4, 0.5) is 0 Å². The van der Waals surface area contributed by atoms with Crippen LogP contribution in [0.2, 0.25) is 0 Å². The molecule has 1 atom stereocenters. The Morgan fingerprint density at radius 2 is 2.11 bits per heavy atom. The maximum Gasteiger partial charge on any atom is 0.254 e. The van der Waals surface area contributed by atoms with Gasteiger partial charge in [0, 0.05) is 18.0 Å². The van der Waals surface area contributed by atoms with E-state index >= 15 is 0 Å². The zero-order valence-electron chi connectivity index (χ0n) is 11.0. The zero-order chi connectivity index (χ0) is 13.1. The molecule has 0 fully saturated rings. The molecule has 1 heterocycles. The Balaban J connectivity index is 2.10. The minimum Gasteiger partial charge on any atom is -0.331 e. The van der Waals surface area contributed by atoms with Crippen LogP contribution < -0.4 is 0 Å². The van der Waals surface area contributed by atoms with Gasteiger partial charge in [0.05, 0.1) is 6.54 Å². The van der Waals surface area contributed by atoms with Crippen molar-refractivity contribution in [1.82, 2.24) is 4.90 Å². The topological polar surface area (TPSA) is 37.4 Å². The van der Waals surface area contributed by atoms with E-state index in [1.54, 1.807) is 4.90 Å². The second kappa shape index (κ2) is 5.34. The van der Waals surface area contributed by atoms with Gasteiger partial charge in [-0.2, -0.15) is 0 Å². The molecule has 2 rings (SSSR count). The van der Waals surface area contributed by atoms with Crippen LogP contribution in [-0.4, -0.2) is 29.7 Å². The lowest BCUT2D eigenvalue weighted by Crippen LogP contribution is -2.41. The molecule has 0 aliphatic carbocycles. The maximum atomic E-state index is 12.2. The Kier molecular flexibility index (Phi) is 3.80. The summed E-state index contributed by atoms with van der Waals surface area (Å²) in [7, 11) is 0. The summed E-state index contributed by atoms with van der Waals surface area (Å²) in [4.78, 5) is 25.8. The molecule has 1 aromatic carbocycles. The molecule has 0 saturated carbocycles. The molecule has 0 aromatic heterocycles. The fourth-order valence-electron chi connectivity index (χ4n) is 2.20. The third-order valence-corrected chi connectivity index (χ3v) is 3.69. The van der Waals surface area contributed by atoms with Crippen LogP contribution in [0.15, 0.2) is 24.3 Å². The molecule has 3 heteroatoms. The summed E-state index contributed by atoms with van der Waals surface area (Å²) in [6.07, 6.45) is 1.67. The first-order valence-electron chi connectivity index (χ1n) is 6.53. The summed E-state index contributed by atoms with van der Waals surface area (Å²) in [6, 6.07) is 7.65. The fraction of sp³-hybridized carbons (Fsp3) is 0.467. The molecule has 1 amide bonds. The summed E-state index contributed by atoms with van der Waals surface area (Å²) in [5.74, 6) is 0.189. The Labute approximate surface area is 108 Å². The number of nitrogens with zero attached hydrogens (tertiary/aromatic N) is 1. The normalized spacial score (nSPS) is 16.3. The number of amides is 1. The predicted molar refractivity (Wildman–Crippen MR) is 70.5 cm³/mol. The second-order valence-electron chi connectivity index (χ2n) is 4.91. The number of hydrogen-bond acceptors (Lipinski definition) is 2. The number of benzene rings is 1. The zero-order valence-corrected chi connectivity index (χ0v) is 11.0. The SMILES string of the molecule is CCC(C)C(=O)CN1CCc2ccccc2C1=O. The van der Waals surface area contributed by atoms with Crippen LogP contribution in [0.3, 0.4) is 0 Å². The van der Waals surface area contributed by atoms with Gasteiger partial charge in [-0.05, 0) is 24.5 Å². The summed E-state index contributed by atoms with van der Waals surface area (Å²) >= 11 is 0. The van der Waals surface area contributed by atoms with Crippen molar-refractivity contribution in [3.05, 3.63) is 35.4 Å². The maximum absolute atomic E-state index is 12.2. The van der Waals surface area contributed by atoms with E-state index in [1.807, 2.05) is 38.1 Å². The Bertz CT molecular complexity index is 467. The van der Waals surface area contributed by atoms with Crippen molar-refractivity contribution in [2.24, 2.45) is 5.92 Å². The molecule has 0 N–H and O–H groups in total. The lowest BCUT2D eigenvalue weighted by molar-refractivity contribution is -0.123.